The maximum absolute atomic E-state index is 5.58. The van der Waals surface area contributed by atoms with E-state index in [0.29, 0.717) is 5.92 Å². The van der Waals surface area contributed by atoms with Crippen LogP contribution in [0.25, 0.3) is 21.8 Å². The third kappa shape index (κ3) is 4.32. The number of ether oxygens (including phenoxy) is 1. The molecule has 0 fully saturated rings. The summed E-state index contributed by atoms with van der Waals surface area (Å²) in [6, 6.07) is 37.6. The number of benzene rings is 4. The lowest BCUT2D eigenvalue weighted by atomic mass is 9.84. The Balaban J connectivity index is 1.33. The third-order valence-corrected chi connectivity index (χ3v) is 8.55. The van der Waals surface area contributed by atoms with Gasteiger partial charge in [-0.3, -0.25) is 0 Å². The third-order valence-electron chi connectivity index (χ3n) is 8.55. The van der Waals surface area contributed by atoms with E-state index in [1.54, 1.807) is 7.11 Å². The fourth-order valence-electron chi connectivity index (χ4n) is 6.64. The minimum Gasteiger partial charge on any atom is -0.497 e. The van der Waals surface area contributed by atoms with Crippen LogP contribution in [0.5, 0.6) is 5.75 Å². The molecule has 1 atom stereocenters. The van der Waals surface area contributed by atoms with Gasteiger partial charge in [-0.15, -0.1) is 0 Å². The van der Waals surface area contributed by atoms with E-state index in [-0.39, 0.29) is 0 Å². The molecule has 1 aliphatic rings. The first kappa shape index (κ1) is 23.8. The van der Waals surface area contributed by atoms with Crippen molar-refractivity contribution in [1.29, 1.82) is 0 Å². The van der Waals surface area contributed by atoms with Crippen LogP contribution in [0.3, 0.4) is 0 Å². The molecule has 194 valence electrons. The monoisotopic (exact) mass is 510 g/mol. The molecule has 0 spiro atoms. The van der Waals surface area contributed by atoms with Gasteiger partial charge in [0.05, 0.1) is 7.11 Å². The number of hydrogen-bond acceptors (Lipinski definition) is 1. The largest absolute Gasteiger partial charge is 0.497 e. The Morgan fingerprint density at radius 1 is 0.744 bits per heavy atom. The lowest BCUT2D eigenvalue weighted by Gasteiger charge is -2.26. The van der Waals surface area contributed by atoms with Crippen LogP contribution in [0.4, 0.5) is 0 Å². The first-order valence-corrected chi connectivity index (χ1v) is 14.0. The molecule has 3 nitrogen and oxygen atoms in total. The van der Waals surface area contributed by atoms with Crippen LogP contribution >= 0.6 is 0 Å². The predicted molar refractivity (Wildman–Crippen MR) is 161 cm³/mol. The Morgan fingerprint density at radius 2 is 1.44 bits per heavy atom. The van der Waals surface area contributed by atoms with Crippen molar-refractivity contribution < 1.29 is 4.74 Å². The summed E-state index contributed by atoms with van der Waals surface area (Å²) in [4.78, 5) is 0. The van der Waals surface area contributed by atoms with E-state index in [9.17, 15) is 0 Å². The van der Waals surface area contributed by atoms with E-state index < -0.39 is 0 Å². The molecule has 0 N–H and O–H groups in total. The predicted octanol–water partition coefficient (Wildman–Crippen LogP) is 8.28. The molecule has 39 heavy (non-hydrogen) atoms. The van der Waals surface area contributed by atoms with Gasteiger partial charge in [0.1, 0.15) is 5.75 Å². The van der Waals surface area contributed by atoms with E-state index in [1.807, 2.05) is 0 Å². The summed E-state index contributed by atoms with van der Waals surface area (Å²) in [6.07, 6.45) is 3.31. The van der Waals surface area contributed by atoms with Crippen LogP contribution in [0.15, 0.2) is 103 Å². The highest BCUT2D eigenvalue weighted by Gasteiger charge is 2.29. The Kier molecular flexibility index (Phi) is 6.00. The fraction of sp³-hybridized carbons (Fsp3) is 0.222. The standard InChI is InChI=1S/C36H34N2O/c1-25-13-16-34-31(19-25)32-21-28(14-17-35(32)38(34)24-27-11-7-4-8-12-27)36-22-29-20-30(39-2)15-18-33(29)37(36)23-26-9-5-3-6-10-26/h3-13,15-16,18-20,22,28H,14,17,21,23-24H2,1-2H3. The minimum absolute atomic E-state index is 0.468. The van der Waals surface area contributed by atoms with Crippen LogP contribution in [-0.4, -0.2) is 16.2 Å². The summed E-state index contributed by atoms with van der Waals surface area (Å²) < 4.78 is 10.7. The van der Waals surface area contributed by atoms with Crippen molar-refractivity contribution >= 4 is 21.8 Å². The second-order valence-corrected chi connectivity index (χ2v) is 11.0. The van der Waals surface area contributed by atoms with Crippen molar-refractivity contribution in [3.05, 3.63) is 137 Å². The van der Waals surface area contributed by atoms with Gasteiger partial charge < -0.3 is 13.9 Å². The molecule has 2 heterocycles. The first-order chi connectivity index (χ1) is 19.2. The number of aryl methyl sites for hydroxylation is 1. The van der Waals surface area contributed by atoms with Crippen molar-refractivity contribution in [3.8, 4) is 5.75 Å². The molecule has 0 saturated heterocycles. The van der Waals surface area contributed by atoms with Gasteiger partial charge in [-0.05, 0) is 79.3 Å². The van der Waals surface area contributed by atoms with E-state index in [1.165, 1.54) is 55.4 Å². The molecule has 0 amide bonds. The Morgan fingerprint density at radius 3 is 2.15 bits per heavy atom. The van der Waals surface area contributed by atoms with Gasteiger partial charge in [-0.1, -0.05) is 72.3 Å². The average Bonchev–Trinajstić information content (AvgIpc) is 3.48. The number of rotatable bonds is 6. The molecule has 0 bridgehead atoms. The van der Waals surface area contributed by atoms with Gasteiger partial charge in [0.25, 0.3) is 0 Å². The van der Waals surface area contributed by atoms with E-state index in [2.05, 4.69) is 119 Å². The van der Waals surface area contributed by atoms with Crippen molar-refractivity contribution in [2.45, 2.75) is 45.2 Å². The summed E-state index contributed by atoms with van der Waals surface area (Å²) in [7, 11) is 1.75. The summed E-state index contributed by atoms with van der Waals surface area (Å²) >= 11 is 0. The van der Waals surface area contributed by atoms with E-state index >= 15 is 0 Å². The SMILES string of the molecule is COc1ccc2c(c1)cc(C1CCc3c(c4cc(C)ccc4n3Cc3ccccc3)C1)n2Cc1ccccc1. The number of aromatic nitrogens is 2. The lowest BCUT2D eigenvalue weighted by Crippen LogP contribution is -2.18. The Labute approximate surface area is 230 Å². The van der Waals surface area contributed by atoms with Crippen molar-refractivity contribution in [2.75, 3.05) is 7.11 Å². The molecular weight excluding hydrogens is 476 g/mol. The highest BCUT2D eigenvalue weighted by atomic mass is 16.5. The van der Waals surface area contributed by atoms with Crippen LogP contribution in [0, 0.1) is 6.92 Å². The molecule has 1 unspecified atom stereocenters. The fourth-order valence-corrected chi connectivity index (χ4v) is 6.64. The zero-order valence-corrected chi connectivity index (χ0v) is 22.7. The number of hydrogen-bond donors (Lipinski definition) is 0. The second-order valence-electron chi connectivity index (χ2n) is 11.0. The molecule has 0 aliphatic heterocycles. The zero-order valence-electron chi connectivity index (χ0n) is 22.7. The smallest absolute Gasteiger partial charge is 0.119 e. The summed E-state index contributed by atoms with van der Waals surface area (Å²) in [5.74, 6) is 1.38. The highest BCUT2D eigenvalue weighted by molar-refractivity contribution is 5.87. The van der Waals surface area contributed by atoms with Crippen LogP contribution < -0.4 is 4.74 Å². The number of fused-ring (bicyclic) bond motifs is 4. The molecule has 6 aromatic rings. The van der Waals surface area contributed by atoms with Crippen molar-refractivity contribution in [2.24, 2.45) is 0 Å². The summed E-state index contributed by atoms with van der Waals surface area (Å²) in [5.41, 5.74) is 11.2. The lowest BCUT2D eigenvalue weighted by molar-refractivity contribution is 0.415. The molecule has 0 radical (unpaired) electrons. The van der Waals surface area contributed by atoms with Gasteiger partial charge in [-0.2, -0.15) is 0 Å². The zero-order chi connectivity index (χ0) is 26.3. The van der Waals surface area contributed by atoms with Crippen molar-refractivity contribution in [3.63, 3.8) is 0 Å². The van der Waals surface area contributed by atoms with Crippen molar-refractivity contribution in [1.82, 2.24) is 9.13 Å². The summed E-state index contributed by atoms with van der Waals surface area (Å²) in [5, 5.41) is 2.69. The van der Waals surface area contributed by atoms with Gasteiger partial charge in [0.2, 0.25) is 0 Å². The van der Waals surface area contributed by atoms with Gasteiger partial charge in [0, 0.05) is 52.2 Å². The molecule has 0 saturated carbocycles. The summed E-state index contributed by atoms with van der Waals surface area (Å²) in [6.45, 7) is 4.02. The first-order valence-electron chi connectivity index (χ1n) is 14.0. The molecule has 7 rings (SSSR count). The topological polar surface area (TPSA) is 19.1 Å². The normalized spacial score (nSPS) is 15.1. The average molecular weight is 511 g/mol. The molecule has 4 aromatic carbocycles. The number of nitrogens with zero attached hydrogens (tertiary/aromatic N) is 2. The minimum atomic E-state index is 0.468. The Bertz CT molecular complexity index is 1780. The quantitative estimate of drug-likeness (QED) is 0.221. The molecule has 2 aromatic heterocycles. The van der Waals surface area contributed by atoms with Gasteiger partial charge >= 0.3 is 0 Å². The molecular formula is C36H34N2O. The van der Waals surface area contributed by atoms with E-state index in [4.69, 9.17) is 4.74 Å². The van der Waals surface area contributed by atoms with Crippen LogP contribution in [0.1, 0.15) is 46.0 Å². The second kappa shape index (κ2) is 9.81. The molecule has 1 aliphatic carbocycles. The van der Waals surface area contributed by atoms with Crippen LogP contribution in [-0.2, 0) is 25.9 Å². The highest BCUT2D eigenvalue weighted by Crippen LogP contribution is 2.41. The van der Waals surface area contributed by atoms with Gasteiger partial charge in [0.15, 0.2) is 0 Å². The Hall–Kier alpha value is -4.24. The molecule has 3 heteroatoms. The van der Waals surface area contributed by atoms with Gasteiger partial charge in [-0.25, -0.2) is 0 Å². The van der Waals surface area contributed by atoms with Crippen LogP contribution in [0.2, 0.25) is 0 Å². The number of methoxy groups -OCH3 is 1. The maximum atomic E-state index is 5.58. The maximum Gasteiger partial charge on any atom is 0.119 e. The van der Waals surface area contributed by atoms with E-state index in [0.717, 1.165) is 38.1 Å².